The standard InChI is InChI=1S/C30H42O5/c1-16(12-17(31)24-26(4,5)35-24)23-18(32)13-27(6)20-9-8-19-25(2,3)21(33)10-11-29(19)15-30(20,29)22(34)14-28(23,27)7/h9,16,19,22-24,34H,8,10-15H2,1-7H3/t16-,19+,22+,23+,24+,27+,28-,29-,30+/m1/s1. The summed E-state index contributed by atoms with van der Waals surface area (Å²) >= 11 is 0. The van der Waals surface area contributed by atoms with Gasteiger partial charge < -0.3 is 9.84 Å². The number of fused-ring (bicyclic) bond motifs is 2. The first-order valence-electron chi connectivity index (χ1n) is 13.7. The van der Waals surface area contributed by atoms with Crippen molar-refractivity contribution in [3.8, 4) is 0 Å². The third kappa shape index (κ3) is 2.60. The van der Waals surface area contributed by atoms with Crippen LogP contribution in [0.15, 0.2) is 11.6 Å². The summed E-state index contributed by atoms with van der Waals surface area (Å²) in [5, 5.41) is 11.9. The van der Waals surface area contributed by atoms with E-state index in [1.165, 1.54) is 5.57 Å². The molecule has 0 aromatic rings. The normalized spacial score (nSPS) is 51.4. The van der Waals surface area contributed by atoms with Crippen LogP contribution in [-0.2, 0) is 19.1 Å². The first-order chi connectivity index (χ1) is 16.1. The molecule has 2 spiro atoms. The fourth-order valence-electron chi connectivity index (χ4n) is 10.5. The maximum atomic E-state index is 13.7. The Morgan fingerprint density at radius 1 is 1.17 bits per heavy atom. The SMILES string of the molecule is C[C@H](CC(=O)[C@@H]1OC1(C)C)[C@H]1C(=O)C[C@@]2(C)C3=CC[C@H]4C(C)(C)C(=O)CC[C@@]45C[C@@]35[C@@H](O)C[C@]12C. The molecule has 5 heteroatoms. The molecular weight excluding hydrogens is 440 g/mol. The number of hydrogen-bond acceptors (Lipinski definition) is 5. The van der Waals surface area contributed by atoms with Gasteiger partial charge in [-0.1, -0.05) is 46.3 Å². The lowest BCUT2D eigenvalue weighted by Crippen LogP contribution is -2.57. The van der Waals surface area contributed by atoms with Gasteiger partial charge in [0.1, 0.15) is 17.7 Å². The Hall–Kier alpha value is -1.33. The van der Waals surface area contributed by atoms with E-state index in [2.05, 4.69) is 33.8 Å². The van der Waals surface area contributed by atoms with Gasteiger partial charge in [-0.3, -0.25) is 14.4 Å². The number of allylic oxidation sites excluding steroid dienone is 1. The molecule has 1 N–H and O–H groups in total. The summed E-state index contributed by atoms with van der Waals surface area (Å²) in [7, 11) is 0. The molecule has 0 aromatic heterocycles. The zero-order valence-electron chi connectivity index (χ0n) is 22.5. The highest BCUT2D eigenvalue weighted by Crippen LogP contribution is 2.87. The highest BCUT2D eigenvalue weighted by Gasteiger charge is 2.83. The zero-order valence-corrected chi connectivity index (χ0v) is 22.5. The van der Waals surface area contributed by atoms with Crippen molar-refractivity contribution in [1.82, 2.24) is 0 Å². The predicted molar refractivity (Wildman–Crippen MR) is 131 cm³/mol. The van der Waals surface area contributed by atoms with Gasteiger partial charge in [0.05, 0.1) is 11.7 Å². The summed E-state index contributed by atoms with van der Waals surface area (Å²) in [4.78, 5) is 39.5. The van der Waals surface area contributed by atoms with Crippen LogP contribution in [0.1, 0.15) is 93.4 Å². The number of rotatable bonds is 4. The van der Waals surface area contributed by atoms with Crippen LogP contribution in [-0.4, -0.2) is 40.3 Å². The second-order valence-corrected chi connectivity index (χ2v) is 14.7. The Morgan fingerprint density at radius 3 is 2.46 bits per heavy atom. The number of ether oxygens (including phenoxy) is 1. The highest BCUT2D eigenvalue weighted by atomic mass is 16.6. The molecule has 1 aliphatic heterocycles. The van der Waals surface area contributed by atoms with E-state index in [0.717, 1.165) is 19.3 Å². The van der Waals surface area contributed by atoms with Crippen LogP contribution >= 0.6 is 0 Å². The van der Waals surface area contributed by atoms with Gasteiger partial charge in [-0.25, -0.2) is 0 Å². The van der Waals surface area contributed by atoms with Crippen molar-refractivity contribution >= 4 is 17.3 Å². The molecule has 6 rings (SSSR count). The molecule has 0 bridgehead atoms. The predicted octanol–water partition coefficient (Wildman–Crippen LogP) is 4.84. The van der Waals surface area contributed by atoms with E-state index in [-0.39, 0.29) is 62.7 Å². The average molecular weight is 483 g/mol. The first kappa shape index (κ1) is 24.0. The molecule has 0 unspecified atom stereocenters. The summed E-state index contributed by atoms with van der Waals surface area (Å²) in [5.41, 5.74) is -0.475. The van der Waals surface area contributed by atoms with Crippen LogP contribution in [0.3, 0.4) is 0 Å². The van der Waals surface area contributed by atoms with Crippen LogP contribution in [0.25, 0.3) is 0 Å². The van der Waals surface area contributed by atoms with Gasteiger partial charge in [0.25, 0.3) is 0 Å². The van der Waals surface area contributed by atoms with Gasteiger partial charge in [-0.2, -0.15) is 0 Å². The maximum Gasteiger partial charge on any atom is 0.164 e. The van der Waals surface area contributed by atoms with Crippen LogP contribution in [0, 0.1) is 44.8 Å². The Morgan fingerprint density at radius 2 is 1.83 bits per heavy atom. The molecular formula is C30H42O5. The Balaban J connectivity index is 1.36. The molecule has 1 heterocycles. The molecule has 192 valence electrons. The minimum Gasteiger partial charge on any atom is -0.392 e. The number of aliphatic hydroxyl groups excluding tert-OH is 1. The number of carbonyl (C=O) groups excluding carboxylic acids is 3. The number of Topliss-reactive ketones (excluding diaryl/α,β-unsaturated/α-hetero) is 3. The summed E-state index contributed by atoms with van der Waals surface area (Å²) < 4.78 is 5.58. The van der Waals surface area contributed by atoms with Gasteiger partial charge in [0.2, 0.25) is 0 Å². The Labute approximate surface area is 209 Å². The van der Waals surface area contributed by atoms with Gasteiger partial charge in [0.15, 0.2) is 5.78 Å². The molecule has 1 saturated heterocycles. The van der Waals surface area contributed by atoms with Crippen LogP contribution in [0.4, 0.5) is 0 Å². The van der Waals surface area contributed by atoms with E-state index in [9.17, 15) is 19.5 Å². The number of carbonyl (C=O) groups is 3. The van der Waals surface area contributed by atoms with Crippen molar-refractivity contribution < 1.29 is 24.2 Å². The number of aliphatic hydroxyl groups is 1. The molecule has 5 aliphatic carbocycles. The van der Waals surface area contributed by atoms with Crippen molar-refractivity contribution in [2.24, 2.45) is 44.8 Å². The van der Waals surface area contributed by atoms with E-state index in [4.69, 9.17) is 4.74 Å². The lowest BCUT2D eigenvalue weighted by molar-refractivity contribution is -0.142. The maximum absolute atomic E-state index is 13.7. The second kappa shape index (κ2) is 6.56. The lowest BCUT2D eigenvalue weighted by Gasteiger charge is -2.60. The monoisotopic (exact) mass is 482 g/mol. The summed E-state index contributed by atoms with van der Waals surface area (Å²) in [6.07, 6.45) is 6.15. The van der Waals surface area contributed by atoms with Crippen molar-refractivity contribution in [3.05, 3.63) is 11.6 Å². The van der Waals surface area contributed by atoms with Gasteiger partial charge >= 0.3 is 0 Å². The number of ketones is 3. The summed E-state index contributed by atoms with van der Waals surface area (Å²) in [6, 6.07) is 0. The van der Waals surface area contributed by atoms with Crippen LogP contribution in [0.2, 0.25) is 0 Å². The third-order valence-corrected chi connectivity index (χ3v) is 12.4. The van der Waals surface area contributed by atoms with E-state index in [1.54, 1.807) is 0 Å². The fraction of sp³-hybridized carbons (Fsp3) is 0.833. The number of epoxide rings is 1. The Kier molecular flexibility index (Phi) is 4.51. The number of hydrogen-bond donors (Lipinski definition) is 1. The molecule has 4 saturated carbocycles. The summed E-state index contributed by atoms with van der Waals surface area (Å²) in [6.45, 7) is 14.6. The van der Waals surface area contributed by atoms with Crippen molar-refractivity contribution in [2.45, 2.75) is 111 Å². The molecule has 9 atom stereocenters. The topological polar surface area (TPSA) is 84.0 Å². The lowest BCUT2D eigenvalue weighted by atomic mass is 9.44. The molecule has 5 fully saturated rings. The quantitative estimate of drug-likeness (QED) is 0.458. The van der Waals surface area contributed by atoms with Crippen molar-refractivity contribution in [1.29, 1.82) is 0 Å². The van der Waals surface area contributed by atoms with E-state index < -0.39 is 11.5 Å². The van der Waals surface area contributed by atoms with E-state index >= 15 is 0 Å². The molecule has 0 aromatic carbocycles. The smallest absolute Gasteiger partial charge is 0.164 e. The van der Waals surface area contributed by atoms with E-state index in [1.807, 2.05) is 20.8 Å². The van der Waals surface area contributed by atoms with Gasteiger partial charge in [0, 0.05) is 41.4 Å². The highest BCUT2D eigenvalue weighted by molar-refractivity contribution is 5.90. The van der Waals surface area contributed by atoms with Crippen molar-refractivity contribution in [3.63, 3.8) is 0 Å². The minimum absolute atomic E-state index is 0.0180. The van der Waals surface area contributed by atoms with E-state index in [0.29, 0.717) is 31.5 Å². The molecule has 35 heavy (non-hydrogen) atoms. The average Bonchev–Trinajstić information content (AvgIpc) is 3.58. The second-order valence-electron chi connectivity index (χ2n) is 14.7. The van der Waals surface area contributed by atoms with Gasteiger partial charge in [-0.15, -0.1) is 0 Å². The molecule has 0 radical (unpaired) electrons. The largest absolute Gasteiger partial charge is 0.392 e. The van der Waals surface area contributed by atoms with Crippen molar-refractivity contribution in [2.75, 3.05) is 0 Å². The summed E-state index contributed by atoms with van der Waals surface area (Å²) in [5.74, 6) is 0.616. The third-order valence-electron chi connectivity index (χ3n) is 12.4. The zero-order chi connectivity index (χ0) is 25.6. The Bertz CT molecular complexity index is 1080. The molecule has 0 amide bonds. The van der Waals surface area contributed by atoms with Crippen LogP contribution < -0.4 is 0 Å². The fourth-order valence-corrected chi connectivity index (χ4v) is 10.5. The van der Waals surface area contributed by atoms with Gasteiger partial charge in [-0.05, 0) is 62.2 Å². The molecule has 6 aliphatic rings. The minimum atomic E-state index is -0.513. The first-order valence-corrected chi connectivity index (χ1v) is 13.7. The molecule has 5 nitrogen and oxygen atoms in total. The van der Waals surface area contributed by atoms with Crippen LogP contribution in [0.5, 0.6) is 0 Å².